The summed E-state index contributed by atoms with van der Waals surface area (Å²) in [4.78, 5) is 24.5. The van der Waals surface area contributed by atoms with Gasteiger partial charge in [-0.25, -0.2) is 0 Å². The van der Waals surface area contributed by atoms with Crippen molar-refractivity contribution in [2.45, 2.75) is 52.0 Å². The van der Waals surface area contributed by atoms with E-state index in [9.17, 15) is 9.59 Å². The van der Waals surface area contributed by atoms with E-state index >= 15 is 0 Å². The average molecular weight is 380 g/mol. The molecular formula is C23H28N2O3. The highest BCUT2D eigenvalue weighted by atomic mass is 16.5. The number of amides is 2. The first-order valence-electron chi connectivity index (χ1n) is 9.92. The number of anilines is 1. The van der Waals surface area contributed by atoms with Crippen LogP contribution in [-0.4, -0.2) is 24.5 Å². The molecule has 1 aliphatic carbocycles. The Morgan fingerprint density at radius 3 is 2.39 bits per heavy atom. The van der Waals surface area contributed by atoms with Crippen LogP contribution in [0, 0.1) is 13.8 Å². The lowest BCUT2D eigenvalue weighted by Crippen LogP contribution is -2.38. The predicted molar refractivity (Wildman–Crippen MR) is 111 cm³/mol. The van der Waals surface area contributed by atoms with Crippen LogP contribution >= 0.6 is 0 Å². The molecule has 3 rings (SSSR count). The molecule has 1 aliphatic rings. The summed E-state index contributed by atoms with van der Waals surface area (Å²) < 4.78 is 5.55. The van der Waals surface area contributed by atoms with Gasteiger partial charge in [-0.3, -0.25) is 9.59 Å². The monoisotopic (exact) mass is 380 g/mol. The predicted octanol–water partition coefficient (Wildman–Crippen LogP) is 4.38. The number of rotatable bonds is 6. The number of aryl methyl sites for hydroxylation is 2. The normalized spacial score (nSPS) is 14.4. The van der Waals surface area contributed by atoms with Crippen molar-refractivity contribution in [3.05, 3.63) is 59.2 Å². The second-order valence-corrected chi connectivity index (χ2v) is 7.49. The van der Waals surface area contributed by atoms with Crippen molar-refractivity contribution >= 4 is 17.5 Å². The average Bonchev–Trinajstić information content (AvgIpc) is 2.69. The van der Waals surface area contributed by atoms with Crippen LogP contribution in [0.2, 0.25) is 0 Å². The zero-order valence-corrected chi connectivity index (χ0v) is 16.6. The van der Waals surface area contributed by atoms with Crippen molar-refractivity contribution < 1.29 is 14.3 Å². The van der Waals surface area contributed by atoms with Crippen molar-refractivity contribution in [2.75, 3.05) is 11.9 Å². The molecule has 2 N–H and O–H groups in total. The molecule has 0 aliphatic heterocycles. The van der Waals surface area contributed by atoms with Gasteiger partial charge in [0.15, 0.2) is 6.61 Å². The molecule has 2 amide bonds. The zero-order chi connectivity index (χ0) is 19.9. The molecule has 0 spiro atoms. The Kier molecular flexibility index (Phi) is 6.69. The minimum absolute atomic E-state index is 0.00932. The Morgan fingerprint density at radius 2 is 1.71 bits per heavy atom. The standard InChI is InChI=1S/C23H28N2O3/c1-16-8-13-21(17(2)14-16)25-23(27)18-9-11-20(12-10-18)28-15-22(26)24-19-6-4-3-5-7-19/h8-14,19H,3-7,15H2,1-2H3,(H,24,26)(H,25,27). The first-order valence-corrected chi connectivity index (χ1v) is 9.92. The third-order valence-electron chi connectivity index (χ3n) is 5.09. The second kappa shape index (κ2) is 9.40. The molecule has 0 saturated heterocycles. The fourth-order valence-corrected chi connectivity index (χ4v) is 3.52. The summed E-state index contributed by atoms with van der Waals surface area (Å²) in [5.74, 6) is 0.305. The Bertz CT molecular complexity index is 824. The van der Waals surface area contributed by atoms with Crippen molar-refractivity contribution in [3.8, 4) is 5.75 Å². The van der Waals surface area contributed by atoms with Crippen LogP contribution in [0.5, 0.6) is 5.75 Å². The van der Waals surface area contributed by atoms with Gasteiger partial charge < -0.3 is 15.4 Å². The number of benzene rings is 2. The first-order chi connectivity index (χ1) is 13.5. The number of carbonyl (C=O) groups is 2. The van der Waals surface area contributed by atoms with Crippen LogP contribution in [0.25, 0.3) is 0 Å². The van der Waals surface area contributed by atoms with Gasteiger partial charge in [-0.1, -0.05) is 37.0 Å². The van der Waals surface area contributed by atoms with Crippen molar-refractivity contribution in [1.29, 1.82) is 0 Å². The molecular weight excluding hydrogens is 352 g/mol. The van der Waals surface area contributed by atoms with Gasteiger partial charge in [0.1, 0.15) is 5.75 Å². The molecule has 5 nitrogen and oxygen atoms in total. The highest BCUT2D eigenvalue weighted by molar-refractivity contribution is 6.04. The number of hydrogen-bond acceptors (Lipinski definition) is 3. The van der Waals surface area contributed by atoms with Crippen molar-refractivity contribution in [1.82, 2.24) is 5.32 Å². The number of carbonyl (C=O) groups excluding carboxylic acids is 2. The minimum Gasteiger partial charge on any atom is -0.484 e. The summed E-state index contributed by atoms with van der Waals surface area (Å²) in [5.41, 5.74) is 3.52. The van der Waals surface area contributed by atoms with Crippen LogP contribution < -0.4 is 15.4 Å². The number of ether oxygens (including phenoxy) is 1. The third kappa shape index (κ3) is 5.59. The summed E-state index contributed by atoms with van der Waals surface area (Å²) >= 11 is 0. The molecule has 28 heavy (non-hydrogen) atoms. The van der Waals surface area contributed by atoms with Crippen LogP contribution in [0.1, 0.15) is 53.6 Å². The van der Waals surface area contributed by atoms with E-state index in [0.29, 0.717) is 11.3 Å². The van der Waals surface area contributed by atoms with Crippen molar-refractivity contribution in [2.24, 2.45) is 0 Å². The van der Waals surface area contributed by atoms with Gasteiger partial charge in [0.25, 0.3) is 11.8 Å². The van der Waals surface area contributed by atoms with Gasteiger partial charge in [-0.15, -0.1) is 0 Å². The maximum Gasteiger partial charge on any atom is 0.258 e. The van der Waals surface area contributed by atoms with Crippen LogP contribution in [0.4, 0.5) is 5.69 Å². The molecule has 0 radical (unpaired) electrons. The van der Waals surface area contributed by atoms with Gasteiger partial charge in [-0.2, -0.15) is 0 Å². The fraction of sp³-hybridized carbons (Fsp3) is 0.391. The van der Waals surface area contributed by atoms with E-state index in [0.717, 1.165) is 29.7 Å². The Morgan fingerprint density at radius 1 is 1.00 bits per heavy atom. The SMILES string of the molecule is Cc1ccc(NC(=O)c2ccc(OCC(=O)NC3CCCCC3)cc2)c(C)c1. The molecule has 0 unspecified atom stereocenters. The number of nitrogens with one attached hydrogen (secondary N) is 2. The lowest BCUT2D eigenvalue weighted by atomic mass is 9.95. The summed E-state index contributed by atoms with van der Waals surface area (Å²) in [6, 6.07) is 13.0. The molecule has 0 bridgehead atoms. The van der Waals surface area contributed by atoms with E-state index in [1.807, 2.05) is 32.0 Å². The number of hydrogen-bond donors (Lipinski definition) is 2. The first kappa shape index (κ1) is 19.9. The van der Waals surface area contributed by atoms with Crippen molar-refractivity contribution in [3.63, 3.8) is 0 Å². The van der Waals surface area contributed by atoms with E-state index in [4.69, 9.17) is 4.74 Å². The molecule has 1 fully saturated rings. The third-order valence-corrected chi connectivity index (χ3v) is 5.09. The lowest BCUT2D eigenvalue weighted by molar-refractivity contribution is -0.124. The van der Waals surface area contributed by atoms with E-state index in [1.54, 1.807) is 24.3 Å². The molecule has 1 saturated carbocycles. The van der Waals surface area contributed by atoms with E-state index < -0.39 is 0 Å². The Hall–Kier alpha value is -2.82. The zero-order valence-electron chi connectivity index (χ0n) is 16.6. The van der Waals surface area contributed by atoms with Crippen LogP contribution in [0.3, 0.4) is 0 Å². The second-order valence-electron chi connectivity index (χ2n) is 7.49. The molecule has 0 aromatic heterocycles. The van der Waals surface area contributed by atoms with Gasteiger partial charge >= 0.3 is 0 Å². The van der Waals surface area contributed by atoms with E-state index in [1.165, 1.54) is 19.3 Å². The molecule has 0 heterocycles. The van der Waals surface area contributed by atoms with E-state index in [-0.39, 0.29) is 24.5 Å². The topological polar surface area (TPSA) is 67.4 Å². The quantitative estimate of drug-likeness (QED) is 0.781. The Balaban J connectivity index is 1.49. The molecule has 2 aromatic rings. The van der Waals surface area contributed by atoms with Gasteiger partial charge in [-0.05, 0) is 62.6 Å². The highest BCUT2D eigenvalue weighted by Crippen LogP contribution is 2.19. The summed E-state index contributed by atoms with van der Waals surface area (Å²) in [6.45, 7) is 3.98. The maximum absolute atomic E-state index is 12.4. The van der Waals surface area contributed by atoms with Gasteiger partial charge in [0.05, 0.1) is 0 Å². The summed E-state index contributed by atoms with van der Waals surface area (Å²) in [7, 11) is 0. The largest absolute Gasteiger partial charge is 0.484 e. The van der Waals surface area contributed by atoms with Gasteiger partial charge in [0.2, 0.25) is 0 Å². The van der Waals surface area contributed by atoms with Crippen LogP contribution in [-0.2, 0) is 4.79 Å². The summed E-state index contributed by atoms with van der Waals surface area (Å²) in [6.07, 6.45) is 5.72. The smallest absolute Gasteiger partial charge is 0.258 e. The minimum atomic E-state index is -0.173. The molecule has 148 valence electrons. The maximum atomic E-state index is 12.4. The highest BCUT2D eigenvalue weighted by Gasteiger charge is 2.16. The Labute approximate surface area is 166 Å². The molecule has 2 aromatic carbocycles. The fourth-order valence-electron chi connectivity index (χ4n) is 3.52. The molecule has 0 atom stereocenters. The van der Waals surface area contributed by atoms with Crippen LogP contribution in [0.15, 0.2) is 42.5 Å². The van der Waals surface area contributed by atoms with E-state index in [2.05, 4.69) is 10.6 Å². The molecule has 5 heteroatoms. The lowest BCUT2D eigenvalue weighted by Gasteiger charge is -2.22. The van der Waals surface area contributed by atoms with Gasteiger partial charge in [0, 0.05) is 17.3 Å². The summed E-state index contributed by atoms with van der Waals surface area (Å²) in [5, 5.41) is 5.95.